The number of hydrogen-bond donors (Lipinski definition) is 1. The summed E-state index contributed by atoms with van der Waals surface area (Å²) in [5.74, 6) is 0.136. The van der Waals surface area contributed by atoms with Crippen LogP contribution in [0.4, 0.5) is 5.13 Å². The van der Waals surface area contributed by atoms with E-state index in [1.54, 1.807) is 19.2 Å². The Kier molecular flexibility index (Phi) is 4.37. The summed E-state index contributed by atoms with van der Waals surface area (Å²) in [6.45, 7) is 0. The number of carbonyl (C=O) groups excluding carboxylic acids is 1. The van der Waals surface area contributed by atoms with Crippen LogP contribution in [0, 0.1) is 0 Å². The van der Waals surface area contributed by atoms with Crippen molar-refractivity contribution in [2.45, 2.75) is 22.5 Å². The number of nitrogens with one attached hydrogen (secondary N) is 1. The molecule has 1 N–H and O–H groups in total. The van der Waals surface area contributed by atoms with Gasteiger partial charge in [0.2, 0.25) is 5.91 Å². The minimum atomic E-state index is -3.82. The van der Waals surface area contributed by atoms with Gasteiger partial charge < -0.3 is 10.1 Å². The predicted octanol–water partition coefficient (Wildman–Crippen LogP) is 3.90. The maximum Gasteiger partial charge on any atom is 0.248 e. The van der Waals surface area contributed by atoms with E-state index in [9.17, 15) is 13.2 Å². The molecule has 9 heteroatoms. The number of amides is 1. The van der Waals surface area contributed by atoms with E-state index in [1.807, 2.05) is 6.07 Å². The molecule has 0 aliphatic heterocycles. The van der Waals surface area contributed by atoms with Crippen LogP contribution in [-0.2, 0) is 14.6 Å². The molecule has 27 heavy (non-hydrogen) atoms. The number of anilines is 1. The molecule has 1 amide bonds. The minimum Gasteiger partial charge on any atom is -0.497 e. The maximum absolute atomic E-state index is 13.0. The van der Waals surface area contributed by atoms with Gasteiger partial charge in [0.25, 0.3) is 0 Å². The third-order valence-electron chi connectivity index (χ3n) is 4.57. The van der Waals surface area contributed by atoms with Crippen LogP contribution >= 0.6 is 22.9 Å². The Balaban J connectivity index is 1.61. The molecule has 0 unspecified atom stereocenters. The largest absolute Gasteiger partial charge is 0.497 e. The molecule has 0 radical (unpaired) electrons. The molecule has 0 bridgehead atoms. The second kappa shape index (κ2) is 6.47. The van der Waals surface area contributed by atoms with E-state index in [4.69, 9.17) is 16.3 Å². The summed E-state index contributed by atoms with van der Waals surface area (Å²) >= 11 is 7.10. The van der Waals surface area contributed by atoms with Crippen LogP contribution in [0.3, 0.4) is 0 Å². The van der Waals surface area contributed by atoms with E-state index >= 15 is 0 Å². The summed E-state index contributed by atoms with van der Waals surface area (Å²) < 4.78 is 30.5. The van der Waals surface area contributed by atoms with Gasteiger partial charge in [-0.25, -0.2) is 13.4 Å². The van der Waals surface area contributed by atoms with Gasteiger partial charge in [-0.15, -0.1) is 0 Å². The van der Waals surface area contributed by atoms with E-state index in [0.29, 0.717) is 21.4 Å². The normalized spacial score (nSPS) is 15.5. The number of sulfone groups is 1. The summed E-state index contributed by atoms with van der Waals surface area (Å²) in [4.78, 5) is 17.3. The van der Waals surface area contributed by atoms with Crippen molar-refractivity contribution in [1.29, 1.82) is 0 Å². The Morgan fingerprint density at radius 2 is 1.93 bits per heavy atom. The van der Waals surface area contributed by atoms with Crippen LogP contribution < -0.4 is 10.1 Å². The van der Waals surface area contributed by atoms with Gasteiger partial charge in [-0.3, -0.25) is 4.79 Å². The smallest absolute Gasteiger partial charge is 0.248 e. The zero-order valence-electron chi connectivity index (χ0n) is 14.2. The number of benzene rings is 2. The van der Waals surface area contributed by atoms with Gasteiger partial charge in [-0.2, -0.15) is 0 Å². The van der Waals surface area contributed by atoms with Crippen molar-refractivity contribution in [3.63, 3.8) is 0 Å². The average molecular weight is 423 g/mol. The van der Waals surface area contributed by atoms with Crippen LogP contribution in [0.25, 0.3) is 10.2 Å². The van der Waals surface area contributed by atoms with Crippen molar-refractivity contribution in [3.8, 4) is 5.75 Å². The Labute approximate surface area is 165 Å². The highest BCUT2D eigenvalue weighted by atomic mass is 35.5. The van der Waals surface area contributed by atoms with Crippen LogP contribution in [0.2, 0.25) is 5.02 Å². The lowest BCUT2D eigenvalue weighted by molar-refractivity contribution is -0.116. The summed E-state index contributed by atoms with van der Waals surface area (Å²) in [5.41, 5.74) is 0.710. The summed E-state index contributed by atoms with van der Waals surface area (Å²) in [5, 5.41) is 3.48. The Morgan fingerprint density at radius 1 is 1.22 bits per heavy atom. The van der Waals surface area contributed by atoms with Gasteiger partial charge in [0.15, 0.2) is 19.7 Å². The molecule has 6 nitrogen and oxygen atoms in total. The fourth-order valence-electron chi connectivity index (χ4n) is 2.87. The lowest BCUT2D eigenvalue weighted by Crippen LogP contribution is -2.37. The Morgan fingerprint density at radius 3 is 2.56 bits per heavy atom. The van der Waals surface area contributed by atoms with Crippen molar-refractivity contribution < 1.29 is 17.9 Å². The molecule has 1 aromatic heterocycles. The van der Waals surface area contributed by atoms with E-state index in [1.165, 1.54) is 35.6 Å². The highest BCUT2D eigenvalue weighted by molar-refractivity contribution is 7.94. The molecule has 0 saturated heterocycles. The van der Waals surface area contributed by atoms with Crippen molar-refractivity contribution >= 4 is 54.0 Å². The highest BCUT2D eigenvalue weighted by Gasteiger charge is 2.61. The lowest BCUT2D eigenvalue weighted by Gasteiger charge is -2.15. The number of methoxy groups -OCH3 is 1. The molecule has 1 heterocycles. The molecule has 1 saturated carbocycles. The molecule has 3 aromatic rings. The zero-order valence-corrected chi connectivity index (χ0v) is 16.6. The van der Waals surface area contributed by atoms with Crippen LogP contribution in [0.5, 0.6) is 5.75 Å². The van der Waals surface area contributed by atoms with Crippen LogP contribution in [0.15, 0.2) is 47.4 Å². The first kappa shape index (κ1) is 18.2. The average Bonchev–Trinajstić information content (AvgIpc) is 3.38. The number of nitrogens with zero attached hydrogens (tertiary/aromatic N) is 1. The molecule has 0 atom stereocenters. The van der Waals surface area contributed by atoms with Gasteiger partial charge in [-0.1, -0.05) is 22.9 Å². The van der Waals surface area contributed by atoms with Gasteiger partial charge in [0.05, 0.1) is 22.2 Å². The van der Waals surface area contributed by atoms with Crippen molar-refractivity contribution in [3.05, 3.63) is 47.5 Å². The molecule has 1 fully saturated rings. The molecule has 2 aromatic carbocycles. The number of halogens is 1. The number of ether oxygens (including phenoxy) is 1. The SMILES string of the molecule is COc1ccc2nc(NC(=O)C3(S(=O)(=O)c4ccc(Cl)cc4)CC3)sc2c1. The molecule has 4 rings (SSSR count). The fourth-order valence-corrected chi connectivity index (χ4v) is 5.76. The third-order valence-corrected chi connectivity index (χ3v) is 8.27. The molecule has 1 aliphatic rings. The Bertz CT molecular complexity index is 1140. The lowest BCUT2D eigenvalue weighted by atomic mass is 10.3. The number of rotatable bonds is 5. The van der Waals surface area contributed by atoms with Gasteiger partial charge in [0, 0.05) is 5.02 Å². The molecule has 140 valence electrons. The number of thiazole rings is 1. The highest BCUT2D eigenvalue weighted by Crippen LogP contribution is 2.48. The number of carbonyl (C=O) groups is 1. The van der Waals surface area contributed by atoms with Crippen LogP contribution in [-0.4, -0.2) is 31.2 Å². The monoisotopic (exact) mass is 422 g/mol. The first-order chi connectivity index (χ1) is 12.9. The molecular weight excluding hydrogens is 408 g/mol. The van der Waals surface area contributed by atoms with E-state index in [0.717, 1.165) is 4.70 Å². The minimum absolute atomic E-state index is 0.0913. The van der Waals surface area contributed by atoms with Crippen molar-refractivity contribution in [2.75, 3.05) is 12.4 Å². The van der Waals surface area contributed by atoms with E-state index in [-0.39, 0.29) is 17.7 Å². The number of fused-ring (bicyclic) bond motifs is 1. The quantitative estimate of drug-likeness (QED) is 0.673. The third kappa shape index (κ3) is 3.07. The summed E-state index contributed by atoms with van der Waals surface area (Å²) in [6.07, 6.45) is 0.561. The topological polar surface area (TPSA) is 85.4 Å². The molecular formula is C18H15ClN2O4S2. The van der Waals surface area contributed by atoms with Gasteiger partial charge >= 0.3 is 0 Å². The van der Waals surface area contributed by atoms with Crippen molar-refractivity contribution in [2.24, 2.45) is 0 Å². The van der Waals surface area contributed by atoms with Crippen molar-refractivity contribution in [1.82, 2.24) is 4.98 Å². The first-order valence-electron chi connectivity index (χ1n) is 8.12. The maximum atomic E-state index is 13.0. The molecule has 1 aliphatic carbocycles. The van der Waals surface area contributed by atoms with E-state index < -0.39 is 20.5 Å². The van der Waals surface area contributed by atoms with Gasteiger partial charge in [-0.05, 0) is 55.3 Å². The summed E-state index contributed by atoms with van der Waals surface area (Å²) in [7, 11) is -2.25. The fraction of sp³-hybridized carbons (Fsp3) is 0.222. The number of hydrogen-bond acceptors (Lipinski definition) is 6. The second-order valence-electron chi connectivity index (χ2n) is 6.26. The summed E-state index contributed by atoms with van der Waals surface area (Å²) in [6, 6.07) is 11.2. The predicted molar refractivity (Wildman–Crippen MR) is 105 cm³/mol. The zero-order chi connectivity index (χ0) is 19.2. The Hall–Kier alpha value is -2.16. The van der Waals surface area contributed by atoms with Crippen LogP contribution in [0.1, 0.15) is 12.8 Å². The standard InChI is InChI=1S/C18H15ClN2O4S2/c1-25-12-4-7-14-15(10-12)26-17(20-14)21-16(22)18(8-9-18)27(23,24)13-5-2-11(19)3-6-13/h2-7,10H,8-9H2,1H3,(H,20,21,22). The second-order valence-corrected chi connectivity index (χ2v) is 9.99. The first-order valence-corrected chi connectivity index (χ1v) is 10.8. The molecule has 0 spiro atoms. The number of aromatic nitrogens is 1. The van der Waals surface area contributed by atoms with E-state index in [2.05, 4.69) is 10.3 Å². The van der Waals surface area contributed by atoms with Gasteiger partial charge in [0.1, 0.15) is 5.75 Å².